The molecule has 1 unspecified atom stereocenters. The Morgan fingerprint density at radius 2 is 1.82 bits per heavy atom. The second-order valence-electron chi connectivity index (χ2n) is 4.95. The van der Waals surface area contributed by atoms with Gasteiger partial charge in [0.1, 0.15) is 0 Å². The fourth-order valence-corrected chi connectivity index (χ4v) is 3.25. The number of aliphatic hydroxyl groups is 1. The average molecular weight is 315 g/mol. The van der Waals surface area contributed by atoms with Crippen molar-refractivity contribution in [2.75, 3.05) is 24.7 Å². The number of thioether (sulfide) groups is 1. The molecule has 0 bridgehead atoms. The van der Waals surface area contributed by atoms with Gasteiger partial charge in [-0.15, -0.1) is 0 Å². The standard InChI is InChI=1S/C18H21NO2S/c1-19-16-9-7-15(8-10-16)18(22-12-11-20)13-17(21)14-5-3-2-4-6-14/h2-10,18-20H,11-13H2,1H3. The topological polar surface area (TPSA) is 49.3 Å². The largest absolute Gasteiger partial charge is 0.396 e. The molecule has 0 aliphatic carbocycles. The van der Waals surface area contributed by atoms with Crippen LogP contribution in [0.3, 0.4) is 0 Å². The van der Waals surface area contributed by atoms with Crippen LogP contribution in [-0.4, -0.2) is 30.3 Å². The second-order valence-corrected chi connectivity index (χ2v) is 6.26. The summed E-state index contributed by atoms with van der Waals surface area (Å²) in [6.07, 6.45) is 0.438. The molecule has 0 aliphatic heterocycles. The van der Waals surface area contributed by atoms with Crippen molar-refractivity contribution in [2.45, 2.75) is 11.7 Å². The van der Waals surface area contributed by atoms with E-state index >= 15 is 0 Å². The van der Waals surface area contributed by atoms with Gasteiger partial charge in [0.15, 0.2) is 5.78 Å². The van der Waals surface area contributed by atoms with Crippen LogP contribution < -0.4 is 5.32 Å². The lowest BCUT2D eigenvalue weighted by Gasteiger charge is -2.16. The first-order chi connectivity index (χ1) is 10.7. The van der Waals surface area contributed by atoms with E-state index in [0.717, 1.165) is 16.8 Å². The van der Waals surface area contributed by atoms with Crippen molar-refractivity contribution in [1.29, 1.82) is 0 Å². The van der Waals surface area contributed by atoms with E-state index in [1.807, 2.05) is 61.6 Å². The van der Waals surface area contributed by atoms with Crippen LogP contribution in [0.4, 0.5) is 5.69 Å². The molecule has 1 atom stereocenters. The molecule has 0 amide bonds. The Balaban J connectivity index is 2.13. The predicted octanol–water partition coefficient (Wildman–Crippen LogP) is 3.77. The van der Waals surface area contributed by atoms with Crippen LogP contribution in [0.1, 0.15) is 27.6 Å². The van der Waals surface area contributed by atoms with Crippen LogP contribution in [0.25, 0.3) is 0 Å². The number of anilines is 1. The summed E-state index contributed by atoms with van der Waals surface area (Å²) >= 11 is 1.62. The summed E-state index contributed by atoms with van der Waals surface area (Å²) in [4.78, 5) is 12.4. The predicted molar refractivity (Wildman–Crippen MR) is 93.7 cm³/mol. The monoisotopic (exact) mass is 315 g/mol. The molecule has 0 heterocycles. The Bertz CT molecular complexity index is 584. The van der Waals surface area contributed by atoms with E-state index in [1.54, 1.807) is 11.8 Å². The summed E-state index contributed by atoms with van der Waals surface area (Å²) in [5.74, 6) is 0.759. The third kappa shape index (κ3) is 4.61. The van der Waals surface area contributed by atoms with E-state index in [2.05, 4.69) is 5.32 Å². The minimum Gasteiger partial charge on any atom is -0.396 e. The molecule has 2 aromatic rings. The van der Waals surface area contributed by atoms with Gasteiger partial charge in [0.2, 0.25) is 0 Å². The van der Waals surface area contributed by atoms with Crippen LogP contribution in [0.2, 0.25) is 0 Å². The SMILES string of the molecule is CNc1ccc(C(CC(=O)c2ccccc2)SCCO)cc1. The molecule has 22 heavy (non-hydrogen) atoms. The smallest absolute Gasteiger partial charge is 0.164 e. The second kappa shape index (κ2) is 8.61. The molecule has 2 rings (SSSR count). The maximum absolute atomic E-state index is 12.4. The lowest BCUT2D eigenvalue weighted by atomic mass is 10.0. The van der Waals surface area contributed by atoms with Crippen LogP contribution >= 0.6 is 11.8 Å². The fraction of sp³-hybridized carbons (Fsp3) is 0.278. The number of nitrogens with one attached hydrogen (secondary N) is 1. The van der Waals surface area contributed by atoms with Gasteiger partial charge in [-0.25, -0.2) is 0 Å². The summed E-state index contributed by atoms with van der Waals surface area (Å²) in [6, 6.07) is 17.5. The van der Waals surface area contributed by atoms with Crippen LogP contribution in [0.15, 0.2) is 54.6 Å². The summed E-state index contributed by atoms with van der Waals surface area (Å²) in [7, 11) is 1.88. The number of ketones is 1. The lowest BCUT2D eigenvalue weighted by molar-refractivity contribution is 0.0982. The molecule has 0 saturated heterocycles. The molecular weight excluding hydrogens is 294 g/mol. The zero-order chi connectivity index (χ0) is 15.8. The molecule has 3 nitrogen and oxygen atoms in total. The average Bonchev–Trinajstić information content (AvgIpc) is 2.59. The molecular formula is C18H21NO2S. The van der Waals surface area contributed by atoms with E-state index in [0.29, 0.717) is 12.2 Å². The number of benzene rings is 2. The Morgan fingerprint density at radius 1 is 1.14 bits per heavy atom. The number of hydrogen-bond donors (Lipinski definition) is 2. The number of hydrogen-bond acceptors (Lipinski definition) is 4. The normalized spacial score (nSPS) is 11.9. The number of carbonyl (C=O) groups is 1. The van der Waals surface area contributed by atoms with Crippen LogP contribution in [0.5, 0.6) is 0 Å². The fourth-order valence-electron chi connectivity index (χ4n) is 2.24. The molecule has 2 N–H and O–H groups in total. The van der Waals surface area contributed by atoms with Gasteiger partial charge in [-0.2, -0.15) is 11.8 Å². The van der Waals surface area contributed by atoms with Crippen molar-refractivity contribution in [3.05, 3.63) is 65.7 Å². The summed E-state index contributed by atoms with van der Waals surface area (Å²) < 4.78 is 0. The molecule has 0 radical (unpaired) electrons. The quantitative estimate of drug-likeness (QED) is 0.728. The van der Waals surface area contributed by atoms with E-state index in [-0.39, 0.29) is 17.6 Å². The van der Waals surface area contributed by atoms with E-state index in [9.17, 15) is 4.79 Å². The van der Waals surface area contributed by atoms with E-state index < -0.39 is 0 Å². The highest BCUT2D eigenvalue weighted by atomic mass is 32.2. The molecule has 4 heteroatoms. The van der Waals surface area contributed by atoms with Crippen molar-refractivity contribution in [3.63, 3.8) is 0 Å². The highest BCUT2D eigenvalue weighted by Gasteiger charge is 2.17. The Labute approximate surface area is 135 Å². The first-order valence-electron chi connectivity index (χ1n) is 7.33. The molecule has 0 aromatic heterocycles. The van der Waals surface area contributed by atoms with Crippen molar-refractivity contribution < 1.29 is 9.90 Å². The van der Waals surface area contributed by atoms with Crippen LogP contribution in [-0.2, 0) is 0 Å². The van der Waals surface area contributed by atoms with Gasteiger partial charge in [0.25, 0.3) is 0 Å². The van der Waals surface area contributed by atoms with Gasteiger partial charge < -0.3 is 10.4 Å². The highest BCUT2D eigenvalue weighted by Crippen LogP contribution is 2.33. The zero-order valence-electron chi connectivity index (χ0n) is 12.7. The third-order valence-corrected chi connectivity index (χ3v) is 4.71. The number of rotatable bonds is 8. The molecule has 0 spiro atoms. The minimum absolute atomic E-state index is 0.0609. The van der Waals surface area contributed by atoms with Gasteiger partial charge in [-0.3, -0.25) is 4.79 Å². The van der Waals surface area contributed by atoms with Gasteiger partial charge in [-0.05, 0) is 17.7 Å². The molecule has 0 fully saturated rings. The third-order valence-electron chi connectivity index (χ3n) is 3.45. The molecule has 116 valence electrons. The zero-order valence-corrected chi connectivity index (χ0v) is 13.5. The molecule has 0 aliphatic rings. The number of aliphatic hydroxyl groups excluding tert-OH is 1. The Kier molecular flexibility index (Phi) is 6.49. The van der Waals surface area contributed by atoms with Gasteiger partial charge in [0, 0.05) is 35.7 Å². The molecule has 2 aromatic carbocycles. The summed E-state index contributed by atoms with van der Waals surface area (Å²) in [5.41, 5.74) is 2.90. The van der Waals surface area contributed by atoms with Crippen LogP contribution in [0, 0.1) is 0 Å². The number of carbonyl (C=O) groups excluding carboxylic acids is 1. The Hall–Kier alpha value is -1.78. The van der Waals surface area contributed by atoms with E-state index in [4.69, 9.17) is 5.11 Å². The van der Waals surface area contributed by atoms with Gasteiger partial charge >= 0.3 is 0 Å². The summed E-state index contributed by atoms with van der Waals surface area (Å²) in [6.45, 7) is 0.120. The molecule has 0 saturated carbocycles. The van der Waals surface area contributed by atoms with Gasteiger partial charge in [0.05, 0.1) is 6.61 Å². The van der Waals surface area contributed by atoms with Crippen molar-refractivity contribution >= 4 is 23.2 Å². The Morgan fingerprint density at radius 3 is 2.41 bits per heavy atom. The van der Waals surface area contributed by atoms with E-state index in [1.165, 1.54) is 0 Å². The minimum atomic E-state index is 0.0609. The maximum Gasteiger partial charge on any atom is 0.164 e. The lowest BCUT2D eigenvalue weighted by Crippen LogP contribution is -2.07. The van der Waals surface area contributed by atoms with Crippen molar-refractivity contribution in [1.82, 2.24) is 0 Å². The van der Waals surface area contributed by atoms with Crippen molar-refractivity contribution in [3.8, 4) is 0 Å². The first-order valence-corrected chi connectivity index (χ1v) is 8.38. The maximum atomic E-state index is 12.4. The first kappa shape index (κ1) is 16.6. The van der Waals surface area contributed by atoms with Crippen molar-refractivity contribution in [2.24, 2.45) is 0 Å². The highest BCUT2D eigenvalue weighted by molar-refractivity contribution is 7.99. The number of Topliss-reactive ketones (excluding diaryl/α,β-unsaturated/α-hetero) is 1. The van der Waals surface area contributed by atoms with Gasteiger partial charge in [-0.1, -0.05) is 42.5 Å². The summed E-state index contributed by atoms with van der Waals surface area (Å²) in [5, 5.41) is 12.2.